The van der Waals surface area contributed by atoms with Gasteiger partial charge in [0, 0.05) is 0 Å². The first kappa shape index (κ1) is 18.7. The standard InChI is InChI=1S/C24H38O2/c1-4-11-22(2,26)16-24-12-5-6-21(24)19-8-7-17-15-18(25)9-13-23(17,3)20(19)10-14-24/h4,7,18-21,25-26H,1,5-6,8-16H2,2-3H3/t18-,19+,20-,21-,22?,23-,24-/m0/s1. The van der Waals surface area contributed by atoms with Gasteiger partial charge in [0.05, 0.1) is 11.7 Å². The second kappa shape index (κ2) is 6.48. The summed E-state index contributed by atoms with van der Waals surface area (Å²) in [4.78, 5) is 0. The highest BCUT2D eigenvalue weighted by Gasteiger charge is 2.58. The number of hydrogen-bond donors (Lipinski definition) is 2. The molecule has 1 unspecified atom stereocenters. The molecule has 3 fully saturated rings. The summed E-state index contributed by atoms with van der Waals surface area (Å²) >= 11 is 0. The number of aliphatic hydroxyl groups is 2. The molecule has 0 radical (unpaired) electrons. The lowest BCUT2D eigenvalue weighted by atomic mass is 9.47. The molecular weight excluding hydrogens is 320 g/mol. The monoisotopic (exact) mass is 358 g/mol. The third kappa shape index (κ3) is 2.92. The van der Waals surface area contributed by atoms with Gasteiger partial charge < -0.3 is 10.2 Å². The van der Waals surface area contributed by atoms with Crippen molar-refractivity contribution >= 4 is 0 Å². The van der Waals surface area contributed by atoms with E-state index < -0.39 is 5.60 Å². The topological polar surface area (TPSA) is 40.5 Å². The Morgan fingerprint density at radius 1 is 1.23 bits per heavy atom. The largest absolute Gasteiger partial charge is 0.393 e. The molecule has 7 atom stereocenters. The van der Waals surface area contributed by atoms with Gasteiger partial charge in [0.2, 0.25) is 0 Å². The average Bonchev–Trinajstić information content (AvgIpc) is 2.98. The van der Waals surface area contributed by atoms with E-state index in [1.807, 2.05) is 13.0 Å². The van der Waals surface area contributed by atoms with Crippen molar-refractivity contribution in [3.8, 4) is 0 Å². The molecule has 2 heteroatoms. The maximum absolute atomic E-state index is 11.0. The highest BCUT2D eigenvalue weighted by Crippen LogP contribution is 2.66. The van der Waals surface area contributed by atoms with Gasteiger partial charge in [-0.15, -0.1) is 6.58 Å². The van der Waals surface area contributed by atoms with Crippen molar-refractivity contribution in [1.29, 1.82) is 0 Å². The van der Waals surface area contributed by atoms with Gasteiger partial charge in [-0.2, -0.15) is 0 Å². The van der Waals surface area contributed by atoms with E-state index in [1.165, 1.54) is 38.5 Å². The Morgan fingerprint density at radius 2 is 2.04 bits per heavy atom. The van der Waals surface area contributed by atoms with Gasteiger partial charge in [-0.3, -0.25) is 0 Å². The molecule has 4 aliphatic carbocycles. The zero-order chi connectivity index (χ0) is 18.6. The van der Waals surface area contributed by atoms with Crippen LogP contribution in [0.15, 0.2) is 24.3 Å². The first-order chi connectivity index (χ1) is 12.3. The maximum Gasteiger partial charge on any atom is 0.0659 e. The molecule has 2 nitrogen and oxygen atoms in total. The lowest BCUT2D eigenvalue weighted by Gasteiger charge is -2.58. The highest BCUT2D eigenvalue weighted by atomic mass is 16.3. The quantitative estimate of drug-likeness (QED) is 0.661. The molecule has 26 heavy (non-hydrogen) atoms. The van der Waals surface area contributed by atoms with Crippen LogP contribution in [0.2, 0.25) is 0 Å². The van der Waals surface area contributed by atoms with E-state index in [0.717, 1.165) is 43.4 Å². The van der Waals surface area contributed by atoms with Crippen LogP contribution in [0.1, 0.15) is 84.5 Å². The Bertz CT molecular complexity index is 591. The maximum atomic E-state index is 11.0. The molecule has 0 aliphatic heterocycles. The van der Waals surface area contributed by atoms with E-state index in [-0.39, 0.29) is 6.10 Å². The van der Waals surface area contributed by atoms with E-state index >= 15 is 0 Å². The van der Waals surface area contributed by atoms with E-state index in [2.05, 4.69) is 19.6 Å². The van der Waals surface area contributed by atoms with Crippen LogP contribution in [0.5, 0.6) is 0 Å². The second-order valence-electron chi connectivity index (χ2n) is 10.6. The molecular formula is C24H38O2. The minimum atomic E-state index is -0.605. The van der Waals surface area contributed by atoms with Crippen LogP contribution < -0.4 is 0 Å². The molecule has 0 saturated heterocycles. The molecule has 4 aliphatic rings. The Morgan fingerprint density at radius 3 is 2.81 bits per heavy atom. The van der Waals surface area contributed by atoms with Crippen molar-refractivity contribution in [2.45, 2.75) is 96.2 Å². The van der Waals surface area contributed by atoms with Crippen molar-refractivity contribution in [1.82, 2.24) is 0 Å². The third-order valence-electron chi connectivity index (χ3n) is 8.92. The van der Waals surface area contributed by atoms with Crippen molar-refractivity contribution in [3.63, 3.8) is 0 Å². The molecule has 0 spiro atoms. The Kier molecular flexibility index (Phi) is 4.67. The summed E-state index contributed by atoms with van der Waals surface area (Å²) in [6, 6.07) is 0. The summed E-state index contributed by atoms with van der Waals surface area (Å²) in [5.41, 5.74) is 1.62. The molecule has 146 valence electrons. The molecule has 2 N–H and O–H groups in total. The average molecular weight is 359 g/mol. The third-order valence-corrected chi connectivity index (χ3v) is 8.92. The number of rotatable bonds is 4. The fraction of sp³-hybridized carbons (Fsp3) is 0.833. The molecule has 0 aromatic rings. The molecule has 0 bridgehead atoms. The number of aliphatic hydroxyl groups excluding tert-OH is 1. The van der Waals surface area contributed by atoms with Crippen LogP contribution in [-0.4, -0.2) is 21.9 Å². The van der Waals surface area contributed by atoms with Crippen LogP contribution in [0.25, 0.3) is 0 Å². The summed E-state index contributed by atoms with van der Waals surface area (Å²) in [6.45, 7) is 8.38. The minimum absolute atomic E-state index is 0.117. The smallest absolute Gasteiger partial charge is 0.0659 e. The summed E-state index contributed by atoms with van der Waals surface area (Å²) < 4.78 is 0. The van der Waals surface area contributed by atoms with Gasteiger partial charge in [0.25, 0.3) is 0 Å². The SMILES string of the molecule is C=CCC(C)(O)C[C@@]12CCC[C@H]1[C@@H]1CC=C3C[C@@H](O)CC[C@]3(C)[C@H]1CC2. The summed E-state index contributed by atoms with van der Waals surface area (Å²) in [7, 11) is 0. The molecule has 0 heterocycles. The van der Waals surface area contributed by atoms with Crippen LogP contribution in [-0.2, 0) is 0 Å². The van der Waals surface area contributed by atoms with Gasteiger partial charge in [-0.05, 0) is 99.7 Å². The van der Waals surface area contributed by atoms with E-state index in [0.29, 0.717) is 17.3 Å². The first-order valence-electron chi connectivity index (χ1n) is 11.0. The second-order valence-corrected chi connectivity index (χ2v) is 10.6. The van der Waals surface area contributed by atoms with Gasteiger partial charge in [0.1, 0.15) is 0 Å². The van der Waals surface area contributed by atoms with Gasteiger partial charge in [-0.25, -0.2) is 0 Å². The molecule has 4 rings (SSSR count). The number of fused-ring (bicyclic) bond motifs is 5. The van der Waals surface area contributed by atoms with Crippen LogP contribution in [0.4, 0.5) is 0 Å². The van der Waals surface area contributed by atoms with Gasteiger partial charge >= 0.3 is 0 Å². The van der Waals surface area contributed by atoms with E-state index in [1.54, 1.807) is 5.57 Å². The predicted octanol–water partition coefficient (Wildman–Crippen LogP) is 5.40. The zero-order valence-electron chi connectivity index (χ0n) is 16.8. The van der Waals surface area contributed by atoms with E-state index in [9.17, 15) is 10.2 Å². The van der Waals surface area contributed by atoms with Crippen LogP contribution in [0, 0.1) is 28.6 Å². The number of allylic oxidation sites excluding steroid dienone is 1. The van der Waals surface area contributed by atoms with Crippen molar-refractivity contribution < 1.29 is 10.2 Å². The fourth-order valence-corrected chi connectivity index (χ4v) is 7.89. The minimum Gasteiger partial charge on any atom is -0.393 e. The summed E-state index contributed by atoms with van der Waals surface area (Å²) in [6.07, 6.45) is 16.8. The Labute approximate surface area is 159 Å². The van der Waals surface area contributed by atoms with Crippen molar-refractivity contribution in [2.24, 2.45) is 28.6 Å². The van der Waals surface area contributed by atoms with Gasteiger partial charge in [-0.1, -0.05) is 31.1 Å². The number of hydrogen-bond acceptors (Lipinski definition) is 2. The van der Waals surface area contributed by atoms with E-state index in [4.69, 9.17) is 0 Å². The lowest BCUT2D eigenvalue weighted by Crippen LogP contribution is -2.51. The molecule has 0 amide bonds. The molecule has 3 saturated carbocycles. The normalized spacial score (nSPS) is 47.2. The first-order valence-corrected chi connectivity index (χ1v) is 11.0. The van der Waals surface area contributed by atoms with Crippen molar-refractivity contribution in [2.75, 3.05) is 0 Å². The highest BCUT2D eigenvalue weighted by molar-refractivity contribution is 5.25. The van der Waals surface area contributed by atoms with Crippen LogP contribution >= 0.6 is 0 Å². The molecule has 0 aromatic carbocycles. The van der Waals surface area contributed by atoms with Crippen molar-refractivity contribution in [3.05, 3.63) is 24.3 Å². The Hall–Kier alpha value is -0.600. The summed E-state index contributed by atoms with van der Waals surface area (Å²) in [5.74, 6) is 2.35. The predicted molar refractivity (Wildman–Crippen MR) is 107 cm³/mol. The zero-order valence-corrected chi connectivity index (χ0v) is 16.8. The lowest BCUT2D eigenvalue weighted by molar-refractivity contribution is -0.0808. The summed E-state index contributed by atoms with van der Waals surface area (Å²) in [5, 5.41) is 21.1. The van der Waals surface area contributed by atoms with Gasteiger partial charge in [0.15, 0.2) is 0 Å². The fourth-order valence-electron chi connectivity index (χ4n) is 7.89. The molecule has 0 aromatic heterocycles. The van der Waals surface area contributed by atoms with Crippen LogP contribution in [0.3, 0.4) is 0 Å². The Balaban J connectivity index is 1.61.